The van der Waals surface area contributed by atoms with E-state index in [1.807, 2.05) is 30.3 Å². The van der Waals surface area contributed by atoms with Crippen LogP contribution in [0.15, 0.2) is 30.3 Å². The Morgan fingerprint density at radius 3 is 1.89 bits per heavy atom. The maximum atomic E-state index is 12.2. The number of Topliss-reactive ketones (excluding diaryl/α,β-unsaturated/α-hetero) is 1. The molecule has 0 bridgehead atoms. The number of carbonyl (C=O) groups excluding carboxylic acids is 5. The highest BCUT2D eigenvalue weighted by molar-refractivity contribution is 9.10. The van der Waals surface area contributed by atoms with E-state index in [0.29, 0.717) is 0 Å². The zero-order valence-corrected chi connectivity index (χ0v) is 23.2. The molecule has 1 saturated heterocycles. The first-order chi connectivity index (χ1) is 17.9. The summed E-state index contributed by atoms with van der Waals surface area (Å²) in [6, 6.07) is 9.07. The van der Waals surface area contributed by atoms with Gasteiger partial charge in [0.25, 0.3) is 0 Å². The van der Waals surface area contributed by atoms with Crippen LogP contribution in [0, 0.1) is 0 Å². The van der Waals surface area contributed by atoms with E-state index in [1.54, 1.807) is 0 Å². The number of ketones is 1. The molecule has 0 spiro atoms. The van der Waals surface area contributed by atoms with Crippen molar-refractivity contribution in [3.05, 3.63) is 35.9 Å². The first-order valence-corrected chi connectivity index (χ1v) is 12.6. The molecule has 1 aromatic carbocycles. The summed E-state index contributed by atoms with van der Waals surface area (Å²) in [5.74, 6) is -3.32. The predicted molar refractivity (Wildman–Crippen MR) is 131 cm³/mol. The van der Waals surface area contributed by atoms with Gasteiger partial charge in [-0.1, -0.05) is 46.3 Å². The van der Waals surface area contributed by atoms with E-state index in [2.05, 4.69) is 15.9 Å². The largest absolute Gasteiger partial charge is 0.463 e. The zero-order valence-electron chi connectivity index (χ0n) is 21.6. The van der Waals surface area contributed by atoms with Crippen molar-refractivity contribution in [3.63, 3.8) is 0 Å². The Bertz CT molecular complexity index is 984. The number of carbonyl (C=O) groups is 5. The molecule has 0 unspecified atom stereocenters. The van der Waals surface area contributed by atoms with Gasteiger partial charge < -0.3 is 33.2 Å². The van der Waals surface area contributed by atoms with Gasteiger partial charge >= 0.3 is 23.9 Å². The number of alkyl halides is 1. The molecule has 1 heterocycles. The van der Waals surface area contributed by atoms with E-state index in [-0.39, 0.29) is 12.4 Å². The van der Waals surface area contributed by atoms with Gasteiger partial charge in [-0.05, 0) is 12.5 Å². The maximum absolute atomic E-state index is 12.2. The predicted octanol–water partition coefficient (Wildman–Crippen LogP) is 1.98. The highest BCUT2D eigenvalue weighted by Gasteiger charge is 2.53. The molecule has 1 aliphatic heterocycles. The Morgan fingerprint density at radius 2 is 1.37 bits per heavy atom. The molecule has 1 fully saturated rings. The quantitative estimate of drug-likeness (QED) is 0.149. The third-order valence-corrected chi connectivity index (χ3v) is 6.18. The van der Waals surface area contributed by atoms with Gasteiger partial charge in [0.05, 0.1) is 6.61 Å². The van der Waals surface area contributed by atoms with Crippen LogP contribution in [0.4, 0.5) is 0 Å². The molecular weight excluding hydrogens is 572 g/mol. The molecule has 13 heteroatoms. The molecule has 0 N–H and O–H groups in total. The molecule has 1 aromatic rings. The van der Waals surface area contributed by atoms with Crippen LogP contribution >= 0.6 is 15.9 Å². The van der Waals surface area contributed by atoms with Crippen LogP contribution in [0.2, 0.25) is 0 Å². The number of hydrogen-bond acceptors (Lipinski definition) is 12. The van der Waals surface area contributed by atoms with Crippen LogP contribution in [0.3, 0.4) is 0 Å². The van der Waals surface area contributed by atoms with Crippen molar-refractivity contribution >= 4 is 45.6 Å². The Hall–Kier alpha value is -2.87. The Labute approximate surface area is 228 Å². The van der Waals surface area contributed by atoms with Gasteiger partial charge in [-0.3, -0.25) is 24.0 Å². The van der Waals surface area contributed by atoms with Crippen LogP contribution < -0.4 is 0 Å². The van der Waals surface area contributed by atoms with Crippen LogP contribution in [-0.2, 0) is 63.7 Å². The van der Waals surface area contributed by atoms with Crippen LogP contribution in [-0.4, -0.2) is 78.1 Å². The molecule has 38 heavy (non-hydrogen) atoms. The molecule has 1 aliphatic rings. The normalized spacial score (nSPS) is 24.4. The number of esters is 4. The van der Waals surface area contributed by atoms with Crippen LogP contribution in [0.1, 0.15) is 40.2 Å². The number of benzene rings is 1. The highest BCUT2D eigenvalue weighted by Crippen LogP contribution is 2.32. The summed E-state index contributed by atoms with van der Waals surface area (Å²) in [5, 5.41) is 0. The van der Waals surface area contributed by atoms with E-state index < -0.39 is 72.3 Å². The van der Waals surface area contributed by atoms with Crippen molar-refractivity contribution in [1.29, 1.82) is 0 Å². The molecule has 0 saturated carbocycles. The maximum Gasteiger partial charge on any atom is 0.303 e. The lowest BCUT2D eigenvalue weighted by Crippen LogP contribution is -2.63. The highest BCUT2D eigenvalue weighted by atomic mass is 79.9. The molecule has 0 radical (unpaired) electrons. The third-order valence-electron chi connectivity index (χ3n) is 5.10. The van der Waals surface area contributed by atoms with Crippen molar-refractivity contribution in [2.75, 3.05) is 6.61 Å². The molecule has 210 valence electrons. The standard InChI is InChI=1S/C25H31BrO12/c1-13(27)20(26)24(33-11-18-9-7-6-8-10-18)38-25-23(36-17(5)31)22(35-16(4)30)21(34-15(3)29)19(37-25)12-32-14(2)28/h6-10,19-25H,11-12H2,1-5H3/t19-,20+,21-,22+,23-,24-,25+/m1/s1. The monoisotopic (exact) mass is 602 g/mol. The van der Waals surface area contributed by atoms with Gasteiger partial charge in [0.2, 0.25) is 6.29 Å². The molecule has 0 aromatic heterocycles. The van der Waals surface area contributed by atoms with Crippen molar-refractivity contribution in [3.8, 4) is 0 Å². The molecule has 2 rings (SSSR count). The average molecular weight is 603 g/mol. The number of halogens is 1. The van der Waals surface area contributed by atoms with E-state index in [0.717, 1.165) is 26.3 Å². The van der Waals surface area contributed by atoms with Gasteiger partial charge in [0.15, 0.2) is 24.6 Å². The van der Waals surface area contributed by atoms with Gasteiger partial charge in [0.1, 0.15) is 23.3 Å². The zero-order chi connectivity index (χ0) is 28.4. The second-order valence-corrected chi connectivity index (χ2v) is 9.37. The fourth-order valence-corrected chi connectivity index (χ4v) is 3.84. The fraction of sp³-hybridized carbons (Fsp3) is 0.560. The molecule has 7 atom stereocenters. The van der Waals surface area contributed by atoms with E-state index >= 15 is 0 Å². The lowest BCUT2D eigenvalue weighted by molar-refractivity contribution is -0.339. The van der Waals surface area contributed by atoms with Gasteiger partial charge in [0, 0.05) is 27.7 Å². The second-order valence-electron chi connectivity index (χ2n) is 8.38. The first kappa shape index (κ1) is 31.3. The summed E-state index contributed by atoms with van der Waals surface area (Å²) >= 11 is 3.26. The van der Waals surface area contributed by atoms with Gasteiger partial charge in [-0.2, -0.15) is 0 Å². The minimum absolute atomic E-state index is 0.0478. The average Bonchev–Trinajstić information content (AvgIpc) is 2.83. The lowest BCUT2D eigenvalue weighted by atomic mass is 9.98. The summed E-state index contributed by atoms with van der Waals surface area (Å²) in [4.78, 5) is 58.6. The summed E-state index contributed by atoms with van der Waals surface area (Å²) in [6.07, 6.45) is -8.19. The summed E-state index contributed by atoms with van der Waals surface area (Å²) in [7, 11) is 0. The smallest absolute Gasteiger partial charge is 0.303 e. The fourth-order valence-electron chi connectivity index (χ4n) is 3.57. The van der Waals surface area contributed by atoms with Crippen LogP contribution in [0.25, 0.3) is 0 Å². The van der Waals surface area contributed by atoms with Crippen molar-refractivity contribution in [2.45, 2.75) is 83.0 Å². The van der Waals surface area contributed by atoms with Gasteiger partial charge in [-0.25, -0.2) is 0 Å². The van der Waals surface area contributed by atoms with E-state index in [1.165, 1.54) is 13.8 Å². The Morgan fingerprint density at radius 1 is 0.816 bits per heavy atom. The number of rotatable bonds is 12. The lowest BCUT2D eigenvalue weighted by Gasteiger charge is -2.44. The summed E-state index contributed by atoms with van der Waals surface area (Å²) in [5.41, 5.74) is 0.783. The van der Waals surface area contributed by atoms with E-state index in [9.17, 15) is 24.0 Å². The van der Waals surface area contributed by atoms with Gasteiger partial charge in [-0.15, -0.1) is 0 Å². The minimum Gasteiger partial charge on any atom is -0.463 e. The number of hydrogen-bond donors (Lipinski definition) is 0. The van der Waals surface area contributed by atoms with Crippen molar-refractivity contribution < 1.29 is 57.1 Å². The minimum atomic E-state index is -1.50. The Kier molecular flexibility index (Phi) is 12.3. The van der Waals surface area contributed by atoms with Crippen molar-refractivity contribution in [1.82, 2.24) is 0 Å². The first-order valence-electron chi connectivity index (χ1n) is 11.6. The topological polar surface area (TPSA) is 150 Å². The number of ether oxygens (including phenoxy) is 7. The van der Waals surface area contributed by atoms with Crippen molar-refractivity contribution in [2.24, 2.45) is 0 Å². The summed E-state index contributed by atoms with van der Waals surface area (Å²) < 4.78 is 38.9. The molecule has 12 nitrogen and oxygen atoms in total. The third kappa shape index (κ3) is 9.78. The van der Waals surface area contributed by atoms with Crippen LogP contribution in [0.5, 0.6) is 0 Å². The molecule has 0 aliphatic carbocycles. The van der Waals surface area contributed by atoms with E-state index in [4.69, 9.17) is 33.2 Å². The summed E-state index contributed by atoms with van der Waals surface area (Å²) in [6.45, 7) is 5.45. The molecular formula is C25H31BrO12. The second kappa shape index (κ2) is 14.9. The Balaban J connectivity index is 2.45. The SMILES string of the molecule is CC(=O)OC[C@H]1O[C@@H](O[C@@H](OCc2ccccc2)[C@@H](Br)C(C)=O)[C@H](OC(C)=O)[C@@H](OC(C)=O)[C@@H]1OC(C)=O. The molecule has 0 amide bonds.